The minimum Gasteiger partial charge on any atom is -0.277 e. The summed E-state index contributed by atoms with van der Waals surface area (Å²) in [6.07, 6.45) is 0. The predicted octanol–water partition coefficient (Wildman–Crippen LogP) is 3.30. The highest BCUT2D eigenvalue weighted by molar-refractivity contribution is 7.93. The number of anilines is 1. The van der Waals surface area contributed by atoms with Crippen molar-refractivity contribution in [3.05, 3.63) is 45.9 Å². The molecule has 18 heavy (non-hydrogen) atoms. The molecule has 0 aliphatic carbocycles. The molecule has 96 valence electrons. The summed E-state index contributed by atoms with van der Waals surface area (Å²) >= 11 is 1.40. The van der Waals surface area contributed by atoms with Crippen LogP contribution in [-0.2, 0) is 10.0 Å². The van der Waals surface area contributed by atoms with E-state index in [1.165, 1.54) is 29.5 Å². The molecule has 0 bridgehead atoms. The van der Waals surface area contributed by atoms with E-state index in [2.05, 4.69) is 4.72 Å². The quantitative estimate of drug-likeness (QED) is 0.940. The molecule has 1 aromatic heterocycles. The molecule has 3 nitrogen and oxygen atoms in total. The summed E-state index contributed by atoms with van der Waals surface area (Å²) in [5, 5.41) is 0. The highest BCUT2D eigenvalue weighted by Crippen LogP contribution is 2.27. The van der Waals surface area contributed by atoms with Crippen LogP contribution < -0.4 is 4.72 Å². The van der Waals surface area contributed by atoms with Crippen molar-refractivity contribution in [2.75, 3.05) is 4.72 Å². The van der Waals surface area contributed by atoms with Crippen molar-refractivity contribution in [1.82, 2.24) is 0 Å². The van der Waals surface area contributed by atoms with E-state index >= 15 is 0 Å². The molecule has 1 N–H and O–H groups in total. The number of para-hydroxylation sites is 1. The van der Waals surface area contributed by atoms with Crippen LogP contribution in [-0.4, -0.2) is 8.42 Å². The Morgan fingerprint density at radius 3 is 2.44 bits per heavy atom. The van der Waals surface area contributed by atoms with Gasteiger partial charge >= 0.3 is 0 Å². The topological polar surface area (TPSA) is 46.2 Å². The van der Waals surface area contributed by atoms with Crippen LogP contribution in [0.1, 0.15) is 9.75 Å². The zero-order valence-corrected chi connectivity index (χ0v) is 11.5. The lowest BCUT2D eigenvalue weighted by Crippen LogP contribution is -2.14. The third kappa shape index (κ3) is 2.54. The number of hydrogen-bond donors (Lipinski definition) is 1. The molecule has 0 amide bonds. The van der Waals surface area contributed by atoms with Crippen molar-refractivity contribution < 1.29 is 12.8 Å². The Hall–Kier alpha value is -1.40. The second-order valence-corrected chi connectivity index (χ2v) is 6.97. The first-order valence-corrected chi connectivity index (χ1v) is 7.54. The molecular weight excluding hydrogens is 273 g/mol. The third-order valence-electron chi connectivity index (χ3n) is 2.40. The third-order valence-corrected chi connectivity index (χ3v) is 4.99. The first kappa shape index (κ1) is 13.0. The second-order valence-electron chi connectivity index (χ2n) is 3.86. The zero-order valence-electron chi connectivity index (χ0n) is 9.90. The summed E-state index contributed by atoms with van der Waals surface area (Å²) in [6.45, 7) is 3.56. The van der Waals surface area contributed by atoms with Gasteiger partial charge in [0.1, 0.15) is 10.7 Å². The van der Waals surface area contributed by atoms with Crippen molar-refractivity contribution in [2.24, 2.45) is 0 Å². The lowest BCUT2D eigenvalue weighted by molar-refractivity contribution is 0.598. The maximum atomic E-state index is 13.4. The van der Waals surface area contributed by atoms with E-state index in [1.54, 1.807) is 19.1 Å². The zero-order chi connectivity index (χ0) is 13.3. The Bertz CT molecular complexity index is 677. The van der Waals surface area contributed by atoms with Gasteiger partial charge in [0.15, 0.2) is 0 Å². The van der Waals surface area contributed by atoms with Gasteiger partial charge in [-0.2, -0.15) is 0 Å². The molecular formula is C12H12FNO2S2. The summed E-state index contributed by atoms with van der Waals surface area (Å²) < 4.78 is 39.9. The Morgan fingerprint density at radius 2 is 1.89 bits per heavy atom. The van der Waals surface area contributed by atoms with Crippen LogP contribution in [0.5, 0.6) is 0 Å². The molecule has 0 radical (unpaired) electrons. The lowest BCUT2D eigenvalue weighted by atomic mass is 10.3. The van der Waals surface area contributed by atoms with Crippen LogP contribution in [0.3, 0.4) is 0 Å². The number of sulfonamides is 1. The van der Waals surface area contributed by atoms with Crippen LogP contribution in [0.25, 0.3) is 0 Å². The monoisotopic (exact) mass is 285 g/mol. The van der Waals surface area contributed by atoms with Crippen LogP contribution in [0.2, 0.25) is 0 Å². The van der Waals surface area contributed by atoms with Crippen LogP contribution in [0.4, 0.5) is 10.1 Å². The van der Waals surface area contributed by atoms with Gasteiger partial charge in [-0.1, -0.05) is 12.1 Å². The Kier molecular flexibility index (Phi) is 3.41. The van der Waals surface area contributed by atoms with E-state index in [-0.39, 0.29) is 10.6 Å². The van der Waals surface area contributed by atoms with Gasteiger partial charge in [0.05, 0.1) is 5.69 Å². The Morgan fingerprint density at radius 1 is 1.22 bits per heavy atom. The number of nitrogens with one attached hydrogen (secondary N) is 1. The van der Waals surface area contributed by atoms with E-state index in [4.69, 9.17) is 0 Å². The summed E-state index contributed by atoms with van der Waals surface area (Å²) in [6, 6.07) is 7.27. The number of thiophene rings is 1. The minimum absolute atomic E-state index is 0.0410. The number of hydrogen-bond acceptors (Lipinski definition) is 3. The molecule has 6 heteroatoms. The van der Waals surface area contributed by atoms with Crippen molar-refractivity contribution in [2.45, 2.75) is 18.7 Å². The van der Waals surface area contributed by atoms with Crippen molar-refractivity contribution >= 4 is 27.0 Å². The maximum Gasteiger partial charge on any atom is 0.263 e. The minimum atomic E-state index is -3.73. The molecule has 1 aromatic carbocycles. The fourth-order valence-corrected chi connectivity index (χ4v) is 4.24. The summed E-state index contributed by atoms with van der Waals surface area (Å²) in [4.78, 5) is 1.80. The molecule has 0 saturated carbocycles. The molecule has 0 aliphatic heterocycles. The van der Waals surface area contributed by atoms with Gasteiger partial charge in [0.25, 0.3) is 10.0 Å². The van der Waals surface area contributed by atoms with E-state index in [0.29, 0.717) is 4.88 Å². The smallest absolute Gasteiger partial charge is 0.263 e. The molecule has 0 saturated heterocycles. The summed E-state index contributed by atoms with van der Waals surface area (Å²) in [5.74, 6) is -0.592. The molecule has 0 atom stereocenters. The molecule has 0 spiro atoms. The van der Waals surface area contributed by atoms with Crippen LogP contribution in [0.15, 0.2) is 35.2 Å². The first-order chi connectivity index (χ1) is 8.40. The number of rotatable bonds is 3. The van der Waals surface area contributed by atoms with E-state index in [9.17, 15) is 12.8 Å². The van der Waals surface area contributed by atoms with Gasteiger partial charge in [-0.3, -0.25) is 4.72 Å². The van der Waals surface area contributed by atoms with Crippen molar-refractivity contribution in [3.63, 3.8) is 0 Å². The normalized spacial score (nSPS) is 11.5. The van der Waals surface area contributed by atoms with Crippen LogP contribution >= 0.6 is 11.3 Å². The Labute approximate surface area is 109 Å². The van der Waals surface area contributed by atoms with Gasteiger partial charge in [0, 0.05) is 9.75 Å². The van der Waals surface area contributed by atoms with Crippen molar-refractivity contribution in [3.8, 4) is 0 Å². The summed E-state index contributed by atoms with van der Waals surface area (Å²) in [5.41, 5.74) is -0.0410. The highest BCUT2D eigenvalue weighted by atomic mass is 32.2. The van der Waals surface area contributed by atoms with E-state index in [1.807, 2.05) is 6.92 Å². The number of benzene rings is 1. The fourth-order valence-electron chi connectivity index (χ4n) is 1.62. The molecule has 1 heterocycles. The van der Waals surface area contributed by atoms with Gasteiger partial charge in [-0.25, -0.2) is 12.8 Å². The standard InChI is InChI=1S/C12H12FNO2S2/c1-8-7-12(9(2)17-8)18(15,16)14-11-6-4-3-5-10(11)13/h3-7,14H,1-2H3. The van der Waals surface area contributed by atoms with E-state index in [0.717, 1.165) is 4.88 Å². The highest BCUT2D eigenvalue weighted by Gasteiger charge is 2.20. The average Bonchev–Trinajstić information content (AvgIpc) is 2.62. The lowest BCUT2D eigenvalue weighted by Gasteiger charge is -2.08. The van der Waals surface area contributed by atoms with Gasteiger partial charge in [-0.05, 0) is 32.0 Å². The predicted molar refractivity (Wildman–Crippen MR) is 71.0 cm³/mol. The van der Waals surface area contributed by atoms with Gasteiger partial charge < -0.3 is 0 Å². The van der Waals surface area contributed by atoms with Gasteiger partial charge in [0.2, 0.25) is 0 Å². The second kappa shape index (κ2) is 4.70. The molecule has 0 fully saturated rings. The first-order valence-electron chi connectivity index (χ1n) is 5.24. The molecule has 2 rings (SSSR count). The van der Waals surface area contributed by atoms with Gasteiger partial charge in [-0.15, -0.1) is 11.3 Å². The Balaban J connectivity index is 2.40. The summed E-state index contributed by atoms with van der Waals surface area (Å²) in [7, 11) is -3.73. The van der Waals surface area contributed by atoms with E-state index < -0.39 is 15.8 Å². The SMILES string of the molecule is Cc1cc(S(=O)(=O)Nc2ccccc2F)c(C)s1. The van der Waals surface area contributed by atoms with Crippen molar-refractivity contribution in [1.29, 1.82) is 0 Å². The molecule has 2 aromatic rings. The average molecular weight is 285 g/mol. The number of aryl methyl sites for hydroxylation is 2. The fraction of sp³-hybridized carbons (Fsp3) is 0.167. The van der Waals surface area contributed by atoms with Crippen LogP contribution in [0, 0.1) is 19.7 Å². The largest absolute Gasteiger partial charge is 0.277 e. The molecule has 0 aliphatic rings. The maximum absolute atomic E-state index is 13.4. The molecule has 0 unspecified atom stereocenters. The number of halogens is 1.